The zero-order chi connectivity index (χ0) is 34.2. The molecule has 2 bridgehead atoms. The quantitative estimate of drug-likeness (QED) is 0.459. The van der Waals surface area contributed by atoms with E-state index in [2.05, 4.69) is 16.3 Å². The number of likely N-dealkylation sites (tertiary alicyclic amines) is 2. The Morgan fingerprint density at radius 1 is 0.880 bits per heavy atom. The fourth-order valence-electron chi connectivity index (χ4n) is 9.50. The average Bonchev–Trinajstić information content (AvgIpc) is 3.33. The molecule has 11 heteroatoms. The normalized spacial score (nSPS) is 26.1. The lowest BCUT2D eigenvalue weighted by atomic mass is 9.70. The highest BCUT2D eigenvalue weighted by Gasteiger charge is 2.41. The van der Waals surface area contributed by atoms with E-state index in [4.69, 9.17) is 14.2 Å². The lowest BCUT2D eigenvalue weighted by molar-refractivity contribution is -0.143. The molecule has 11 nitrogen and oxygen atoms in total. The number of rotatable bonds is 6. The predicted molar refractivity (Wildman–Crippen MR) is 189 cm³/mol. The summed E-state index contributed by atoms with van der Waals surface area (Å²) in [6.45, 7) is 9.63. The van der Waals surface area contributed by atoms with Gasteiger partial charge in [0.1, 0.15) is 13.2 Å². The third-order valence-electron chi connectivity index (χ3n) is 12.3. The van der Waals surface area contributed by atoms with Crippen molar-refractivity contribution in [3.05, 3.63) is 53.1 Å². The average molecular weight is 686 g/mol. The van der Waals surface area contributed by atoms with Gasteiger partial charge in [0.05, 0.1) is 0 Å². The van der Waals surface area contributed by atoms with Crippen molar-refractivity contribution in [2.75, 3.05) is 70.9 Å². The predicted octanol–water partition coefficient (Wildman–Crippen LogP) is 4.95. The molecule has 0 spiro atoms. The highest BCUT2D eigenvalue weighted by Crippen LogP contribution is 2.41. The van der Waals surface area contributed by atoms with Crippen LogP contribution in [-0.4, -0.2) is 115 Å². The van der Waals surface area contributed by atoms with Crippen molar-refractivity contribution in [3.63, 3.8) is 0 Å². The van der Waals surface area contributed by atoms with E-state index in [1.54, 1.807) is 4.90 Å². The van der Waals surface area contributed by atoms with Crippen LogP contribution in [0.1, 0.15) is 55.2 Å². The Kier molecular flexibility index (Phi) is 9.50. The topological polar surface area (TPSA) is 104 Å². The third-order valence-corrected chi connectivity index (χ3v) is 12.3. The van der Waals surface area contributed by atoms with E-state index < -0.39 is 12.2 Å². The molecule has 5 saturated heterocycles. The number of amides is 4. The molecular weight excluding hydrogens is 634 g/mol. The van der Waals surface area contributed by atoms with Crippen LogP contribution in [0.4, 0.5) is 15.3 Å². The number of hydrogen-bond donors (Lipinski definition) is 1. The van der Waals surface area contributed by atoms with Crippen LogP contribution < -0.4 is 14.8 Å². The molecule has 4 amide bonds. The number of carbonyl (C=O) groups is 3. The largest absolute Gasteiger partial charge is 0.486 e. The van der Waals surface area contributed by atoms with E-state index in [1.807, 2.05) is 47.1 Å². The number of benzene rings is 2. The summed E-state index contributed by atoms with van der Waals surface area (Å²) in [5, 5.41) is 3.07. The lowest BCUT2D eigenvalue weighted by Gasteiger charge is -2.49. The van der Waals surface area contributed by atoms with Crippen molar-refractivity contribution < 1.29 is 28.6 Å². The van der Waals surface area contributed by atoms with Gasteiger partial charge in [-0.25, -0.2) is 9.59 Å². The van der Waals surface area contributed by atoms with Gasteiger partial charge < -0.3 is 39.1 Å². The summed E-state index contributed by atoms with van der Waals surface area (Å²) in [4.78, 5) is 49.3. The minimum Gasteiger partial charge on any atom is -0.486 e. The Morgan fingerprint density at radius 3 is 2.34 bits per heavy atom. The molecule has 2 aromatic rings. The zero-order valence-corrected chi connectivity index (χ0v) is 29.3. The van der Waals surface area contributed by atoms with Crippen molar-refractivity contribution in [1.29, 1.82) is 0 Å². The summed E-state index contributed by atoms with van der Waals surface area (Å²) in [5.41, 5.74) is 3.83. The van der Waals surface area contributed by atoms with Gasteiger partial charge >= 0.3 is 12.1 Å². The van der Waals surface area contributed by atoms with Crippen LogP contribution in [0.5, 0.6) is 11.5 Å². The Balaban J connectivity index is 0.922. The standard InChI is InChI=1S/C39H51N5O6/c1-26-22-27(23-34-36(26)49-21-20-48-34)24-35(37(45)42-15-8-29(9-16-42)32-25-41-13-6-28(32)7-14-41)50-39(47)43-17-11-31(12-18-43)44-19-10-30-4-2-3-5-33(30)40-38(44)46/h2-5,22-23,28-29,31-32,35H,6-21,24-25H2,1H3,(H,40,46)/t32?,35-/m1/s1. The van der Waals surface area contributed by atoms with Gasteiger partial charge in [-0.1, -0.05) is 24.3 Å². The molecule has 7 heterocycles. The smallest absolute Gasteiger partial charge is 0.410 e. The molecule has 7 aliphatic heterocycles. The van der Waals surface area contributed by atoms with E-state index in [-0.39, 0.29) is 24.4 Å². The molecule has 9 rings (SSSR count). The Bertz CT molecular complexity index is 1580. The van der Waals surface area contributed by atoms with Crippen molar-refractivity contribution in [1.82, 2.24) is 19.6 Å². The van der Waals surface area contributed by atoms with Crippen LogP contribution in [-0.2, 0) is 22.4 Å². The van der Waals surface area contributed by atoms with E-state index in [0.717, 1.165) is 59.2 Å². The monoisotopic (exact) mass is 685 g/mol. The van der Waals surface area contributed by atoms with Gasteiger partial charge in [-0.05, 0) is 112 Å². The number of hydrogen-bond acceptors (Lipinski definition) is 7. The molecule has 0 aromatic heterocycles. The Morgan fingerprint density at radius 2 is 1.58 bits per heavy atom. The van der Waals surface area contributed by atoms with Crippen LogP contribution in [0.15, 0.2) is 36.4 Å². The summed E-state index contributed by atoms with van der Waals surface area (Å²) < 4.78 is 17.9. The first-order valence-electron chi connectivity index (χ1n) is 18.9. The van der Waals surface area contributed by atoms with Crippen molar-refractivity contribution in [2.45, 2.75) is 70.4 Å². The van der Waals surface area contributed by atoms with Gasteiger partial charge in [0.25, 0.3) is 5.91 Å². The summed E-state index contributed by atoms with van der Waals surface area (Å²) >= 11 is 0. The molecule has 0 saturated carbocycles. The fourth-order valence-corrected chi connectivity index (χ4v) is 9.50. The molecule has 5 fully saturated rings. The van der Waals surface area contributed by atoms with Crippen molar-refractivity contribution in [2.24, 2.45) is 17.8 Å². The number of anilines is 1. The summed E-state index contributed by atoms with van der Waals surface area (Å²) in [5.74, 6) is 3.50. The maximum atomic E-state index is 14.2. The van der Waals surface area contributed by atoms with E-state index in [0.29, 0.717) is 70.4 Å². The van der Waals surface area contributed by atoms with Gasteiger partial charge in [0.2, 0.25) is 0 Å². The second-order valence-corrected chi connectivity index (χ2v) is 15.2. The van der Waals surface area contributed by atoms with Crippen LogP contribution >= 0.6 is 0 Å². The number of nitrogens with one attached hydrogen (secondary N) is 1. The van der Waals surface area contributed by atoms with Crippen molar-refractivity contribution in [3.8, 4) is 11.5 Å². The van der Waals surface area contributed by atoms with Gasteiger partial charge in [-0.2, -0.15) is 0 Å². The Labute approximate surface area is 295 Å². The van der Waals surface area contributed by atoms with Gasteiger partial charge in [-0.3, -0.25) is 4.79 Å². The molecule has 268 valence electrons. The highest BCUT2D eigenvalue weighted by atomic mass is 16.6. The first kappa shape index (κ1) is 33.2. The number of carbonyl (C=O) groups excluding carboxylic acids is 3. The molecular formula is C39H51N5O6. The number of urea groups is 1. The summed E-state index contributed by atoms with van der Waals surface area (Å²) in [6, 6.07) is 11.8. The van der Waals surface area contributed by atoms with Gasteiger partial charge in [-0.15, -0.1) is 0 Å². The SMILES string of the molecule is Cc1cc(C[C@@H](OC(=O)N2CCC(N3CCc4ccccc4NC3=O)CC2)C(=O)N2CCC(C3CN4CCC3CC4)CC2)cc2c1OCCO2. The van der Waals surface area contributed by atoms with Crippen molar-refractivity contribution >= 4 is 23.7 Å². The number of piperidine rings is 5. The van der Waals surface area contributed by atoms with Crippen LogP contribution in [0.2, 0.25) is 0 Å². The molecule has 2 aromatic carbocycles. The molecule has 50 heavy (non-hydrogen) atoms. The Hall–Kier alpha value is -3.99. The highest BCUT2D eigenvalue weighted by molar-refractivity contribution is 5.91. The second kappa shape index (κ2) is 14.3. The summed E-state index contributed by atoms with van der Waals surface area (Å²) in [7, 11) is 0. The van der Waals surface area contributed by atoms with E-state index in [9.17, 15) is 14.4 Å². The maximum Gasteiger partial charge on any atom is 0.410 e. The molecule has 7 aliphatic rings. The van der Waals surface area contributed by atoms with Crippen LogP contribution in [0.25, 0.3) is 0 Å². The maximum absolute atomic E-state index is 14.2. The first-order chi connectivity index (χ1) is 24.4. The second-order valence-electron chi connectivity index (χ2n) is 15.2. The van der Waals surface area contributed by atoms with E-state index >= 15 is 0 Å². The lowest BCUT2D eigenvalue weighted by Crippen LogP contribution is -2.53. The molecule has 0 radical (unpaired) electrons. The number of para-hydroxylation sites is 1. The molecule has 1 unspecified atom stereocenters. The minimum absolute atomic E-state index is 0.0314. The molecule has 2 atom stereocenters. The molecule has 0 aliphatic carbocycles. The van der Waals surface area contributed by atoms with E-state index in [1.165, 1.54) is 32.5 Å². The van der Waals surface area contributed by atoms with Crippen LogP contribution in [0, 0.1) is 24.7 Å². The zero-order valence-electron chi connectivity index (χ0n) is 29.3. The fraction of sp³-hybridized carbons (Fsp3) is 0.615. The van der Waals surface area contributed by atoms with Crippen LogP contribution in [0.3, 0.4) is 0 Å². The molecule has 1 N–H and O–H groups in total. The minimum atomic E-state index is -0.939. The first-order valence-corrected chi connectivity index (χ1v) is 18.9. The number of ether oxygens (including phenoxy) is 3. The third kappa shape index (κ3) is 6.85. The van der Waals surface area contributed by atoms with Gasteiger partial charge in [0.15, 0.2) is 17.6 Å². The summed E-state index contributed by atoms with van der Waals surface area (Å²) in [6.07, 6.45) is 5.61. The van der Waals surface area contributed by atoms with Gasteiger partial charge in [0, 0.05) is 57.4 Å². The number of aryl methyl sites for hydroxylation is 1. The number of fused-ring (bicyclic) bond motifs is 5. The number of nitrogens with zero attached hydrogens (tertiary/aromatic N) is 4.